The van der Waals surface area contributed by atoms with E-state index >= 15 is 0 Å². The summed E-state index contributed by atoms with van der Waals surface area (Å²) in [5.74, 6) is 2.64. The van der Waals surface area contributed by atoms with Crippen LogP contribution in [0.5, 0.6) is 5.75 Å². The Morgan fingerprint density at radius 3 is 2.96 bits per heavy atom. The molecule has 2 bridgehead atoms. The van der Waals surface area contributed by atoms with E-state index in [1.807, 2.05) is 18.3 Å². The Bertz CT molecular complexity index is 735. The van der Waals surface area contributed by atoms with Gasteiger partial charge in [-0.1, -0.05) is 13.3 Å². The molecule has 24 heavy (non-hydrogen) atoms. The van der Waals surface area contributed by atoms with E-state index in [0.717, 1.165) is 23.1 Å². The van der Waals surface area contributed by atoms with Crippen LogP contribution in [-0.4, -0.2) is 36.1 Å². The molecule has 3 aliphatic rings. The van der Waals surface area contributed by atoms with Gasteiger partial charge in [-0.05, 0) is 61.1 Å². The maximum atomic E-state index is 5.42. The molecule has 0 radical (unpaired) electrons. The summed E-state index contributed by atoms with van der Waals surface area (Å²) in [7, 11) is 1.71. The minimum atomic E-state index is 0.225. The fourth-order valence-electron chi connectivity index (χ4n) is 4.71. The number of rotatable bonds is 4. The lowest BCUT2D eigenvalue weighted by Crippen LogP contribution is -2.54. The van der Waals surface area contributed by atoms with Gasteiger partial charge in [0.25, 0.3) is 0 Å². The number of fused-ring (bicyclic) bond motifs is 4. The van der Waals surface area contributed by atoms with Crippen LogP contribution >= 0.6 is 12.6 Å². The van der Waals surface area contributed by atoms with Crippen LogP contribution in [0.4, 0.5) is 0 Å². The van der Waals surface area contributed by atoms with Gasteiger partial charge in [-0.15, -0.1) is 0 Å². The fraction of sp³-hybridized carbons (Fsp3) is 0.550. The van der Waals surface area contributed by atoms with E-state index in [1.54, 1.807) is 7.11 Å². The van der Waals surface area contributed by atoms with Gasteiger partial charge in [0.15, 0.2) is 0 Å². The van der Waals surface area contributed by atoms with Crippen LogP contribution in [0, 0.1) is 11.8 Å². The smallest absolute Gasteiger partial charge is 0.119 e. The standard InChI is InChI=1S/C20H26N2OS/c1-3-13-12-22-9-7-14(13)10-19(22)20(24)16-6-8-21-18-5-4-15(23-2)11-17(16)18/h4-6,8,11,13-14,19-20,24H,3,7,9-10,12H2,1-2H3/t13-,14-,19-,20+/m0/s1. The molecular weight excluding hydrogens is 316 g/mol. The Labute approximate surface area is 149 Å². The highest BCUT2D eigenvalue weighted by Crippen LogP contribution is 2.44. The lowest BCUT2D eigenvalue weighted by molar-refractivity contribution is -0.000669. The molecule has 1 aromatic carbocycles. The summed E-state index contributed by atoms with van der Waals surface area (Å²) in [5.41, 5.74) is 2.31. The average molecular weight is 343 g/mol. The van der Waals surface area contributed by atoms with Crippen LogP contribution < -0.4 is 4.74 Å². The highest BCUT2D eigenvalue weighted by Gasteiger charge is 2.42. The molecule has 1 aromatic heterocycles. The van der Waals surface area contributed by atoms with Crippen LogP contribution in [0.2, 0.25) is 0 Å². The minimum Gasteiger partial charge on any atom is -0.497 e. The minimum absolute atomic E-state index is 0.225. The van der Waals surface area contributed by atoms with E-state index in [2.05, 4.69) is 28.9 Å². The number of hydrogen-bond acceptors (Lipinski definition) is 4. The normalized spacial score (nSPS) is 30.5. The van der Waals surface area contributed by atoms with Crippen molar-refractivity contribution in [1.29, 1.82) is 0 Å². The molecule has 0 saturated carbocycles. The quantitative estimate of drug-likeness (QED) is 0.837. The van der Waals surface area contributed by atoms with Crippen LogP contribution in [0.15, 0.2) is 30.5 Å². The Balaban J connectivity index is 1.68. The summed E-state index contributed by atoms with van der Waals surface area (Å²) in [6, 6.07) is 8.79. The molecule has 3 nitrogen and oxygen atoms in total. The Hall–Kier alpha value is -1.26. The molecular formula is C20H26N2OS. The van der Waals surface area contributed by atoms with Gasteiger partial charge in [0.1, 0.15) is 5.75 Å². The van der Waals surface area contributed by atoms with Gasteiger partial charge in [-0.25, -0.2) is 0 Å². The third kappa shape index (κ3) is 2.70. The zero-order chi connectivity index (χ0) is 16.7. The Morgan fingerprint density at radius 2 is 2.25 bits per heavy atom. The first-order valence-corrected chi connectivity index (χ1v) is 9.57. The Morgan fingerprint density at radius 1 is 1.38 bits per heavy atom. The Kier molecular flexibility index (Phi) is 4.44. The van der Waals surface area contributed by atoms with E-state index in [-0.39, 0.29) is 5.25 Å². The SMILES string of the molecule is CC[C@H]1CN2CC[C@H]1C[C@H]2[C@H](S)c1ccnc2ccc(OC)cc12. The second-order valence-electron chi connectivity index (χ2n) is 7.24. The molecule has 3 fully saturated rings. The number of aromatic nitrogens is 1. The van der Waals surface area contributed by atoms with E-state index in [9.17, 15) is 0 Å². The number of nitrogens with zero attached hydrogens (tertiary/aromatic N) is 2. The number of pyridine rings is 1. The molecule has 5 rings (SSSR count). The van der Waals surface area contributed by atoms with Crippen molar-refractivity contribution in [3.05, 3.63) is 36.0 Å². The van der Waals surface area contributed by atoms with Crippen molar-refractivity contribution >= 4 is 23.5 Å². The van der Waals surface area contributed by atoms with Crippen LogP contribution in [0.25, 0.3) is 10.9 Å². The number of piperidine rings is 3. The summed E-state index contributed by atoms with van der Waals surface area (Å²) in [4.78, 5) is 7.19. The molecule has 3 saturated heterocycles. The second kappa shape index (κ2) is 6.57. The zero-order valence-corrected chi connectivity index (χ0v) is 15.4. The summed E-state index contributed by atoms with van der Waals surface area (Å²) in [5, 5.41) is 1.40. The number of ether oxygens (including phenoxy) is 1. The molecule has 3 aliphatic heterocycles. The molecule has 0 amide bonds. The molecule has 128 valence electrons. The van der Waals surface area contributed by atoms with Gasteiger partial charge >= 0.3 is 0 Å². The fourth-order valence-corrected chi connectivity index (χ4v) is 5.24. The third-order valence-corrected chi connectivity index (χ3v) is 6.75. The highest BCUT2D eigenvalue weighted by molar-refractivity contribution is 7.80. The van der Waals surface area contributed by atoms with Crippen LogP contribution in [0.3, 0.4) is 0 Å². The van der Waals surface area contributed by atoms with Crippen molar-refractivity contribution in [1.82, 2.24) is 9.88 Å². The predicted molar refractivity (Wildman–Crippen MR) is 102 cm³/mol. The maximum Gasteiger partial charge on any atom is 0.119 e. The summed E-state index contributed by atoms with van der Waals surface area (Å²) >= 11 is 5.08. The van der Waals surface area contributed by atoms with Crippen molar-refractivity contribution in [3.8, 4) is 5.75 Å². The van der Waals surface area contributed by atoms with Crippen LogP contribution in [-0.2, 0) is 0 Å². The lowest BCUT2D eigenvalue weighted by atomic mass is 9.73. The van der Waals surface area contributed by atoms with E-state index in [0.29, 0.717) is 6.04 Å². The zero-order valence-electron chi connectivity index (χ0n) is 14.5. The van der Waals surface area contributed by atoms with Gasteiger partial charge in [0.05, 0.1) is 12.6 Å². The molecule has 4 heterocycles. The van der Waals surface area contributed by atoms with Crippen molar-refractivity contribution in [2.24, 2.45) is 11.8 Å². The molecule has 4 heteroatoms. The highest BCUT2D eigenvalue weighted by atomic mass is 32.1. The van der Waals surface area contributed by atoms with Gasteiger partial charge in [0.2, 0.25) is 0 Å². The van der Waals surface area contributed by atoms with Crippen molar-refractivity contribution in [3.63, 3.8) is 0 Å². The van der Waals surface area contributed by atoms with Gasteiger partial charge in [-0.2, -0.15) is 12.6 Å². The molecule has 5 atom stereocenters. The number of methoxy groups -OCH3 is 1. The van der Waals surface area contributed by atoms with Gasteiger partial charge < -0.3 is 4.74 Å². The van der Waals surface area contributed by atoms with Crippen LogP contribution in [0.1, 0.15) is 37.0 Å². The number of thiol groups is 1. The monoisotopic (exact) mass is 342 g/mol. The van der Waals surface area contributed by atoms with E-state index in [4.69, 9.17) is 17.4 Å². The van der Waals surface area contributed by atoms with Gasteiger partial charge in [-0.3, -0.25) is 9.88 Å². The molecule has 1 unspecified atom stereocenters. The summed E-state index contributed by atoms with van der Waals surface area (Å²) in [6.07, 6.45) is 5.86. The maximum absolute atomic E-state index is 5.42. The van der Waals surface area contributed by atoms with E-state index in [1.165, 1.54) is 43.3 Å². The van der Waals surface area contributed by atoms with Gasteiger partial charge in [0, 0.05) is 29.4 Å². The molecule has 2 aromatic rings. The first-order chi connectivity index (χ1) is 11.7. The average Bonchev–Trinajstić information content (AvgIpc) is 2.66. The molecule has 0 N–H and O–H groups in total. The molecule has 0 spiro atoms. The molecule has 0 aliphatic carbocycles. The third-order valence-electron chi connectivity index (χ3n) is 6.13. The van der Waals surface area contributed by atoms with E-state index < -0.39 is 0 Å². The topological polar surface area (TPSA) is 25.4 Å². The first kappa shape index (κ1) is 16.2. The van der Waals surface area contributed by atoms with Crippen molar-refractivity contribution in [2.45, 2.75) is 37.5 Å². The number of benzene rings is 1. The summed E-state index contributed by atoms with van der Waals surface area (Å²) in [6.45, 7) is 4.81. The van der Waals surface area contributed by atoms with Crippen molar-refractivity contribution < 1.29 is 4.74 Å². The van der Waals surface area contributed by atoms with Crippen molar-refractivity contribution in [2.75, 3.05) is 20.2 Å². The summed E-state index contributed by atoms with van der Waals surface area (Å²) < 4.78 is 5.42. The predicted octanol–water partition coefficient (Wildman–Crippen LogP) is 4.33. The second-order valence-corrected chi connectivity index (χ2v) is 7.80. The number of hydrogen-bond donors (Lipinski definition) is 1. The lowest BCUT2D eigenvalue weighted by Gasteiger charge is -2.51. The first-order valence-electron chi connectivity index (χ1n) is 9.06. The largest absolute Gasteiger partial charge is 0.497 e.